The van der Waals surface area contributed by atoms with Gasteiger partial charge in [-0.05, 0) is 19.4 Å². The molecule has 0 saturated carbocycles. The average Bonchev–Trinajstić information content (AvgIpc) is 2.25. The minimum Gasteiger partial charge on any atom is -0.376 e. The fourth-order valence-electron chi connectivity index (χ4n) is 2.31. The lowest BCUT2D eigenvalue weighted by Gasteiger charge is -2.52. The highest BCUT2D eigenvalue weighted by Crippen LogP contribution is 2.48. The smallest absolute Gasteiger partial charge is 0.233 e. The Morgan fingerprint density at radius 1 is 1.33 bits per heavy atom. The highest BCUT2D eigenvalue weighted by atomic mass is 16.3. The van der Waals surface area contributed by atoms with Crippen LogP contribution in [0.15, 0.2) is 30.3 Å². The number of nitrogens with zero attached hydrogens (tertiary/aromatic N) is 1. The van der Waals surface area contributed by atoms with Crippen molar-refractivity contribution in [2.45, 2.75) is 19.9 Å². The van der Waals surface area contributed by atoms with Gasteiger partial charge in [-0.3, -0.25) is 4.79 Å². The van der Waals surface area contributed by atoms with E-state index in [-0.39, 0.29) is 18.7 Å². The van der Waals surface area contributed by atoms with Crippen LogP contribution in [0.1, 0.15) is 25.5 Å². The molecule has 1 aromatic carbocycles. The van der Waals surface area contributed by atoms with Gasteiger partial charge in [0.25, 0.3) is 0 Å². The van der Waals surface area contributed by atoms with E-state index in [1.807, 2.05) is 44.2 Å². The van der Waals surface area contributed by atoms with E-state index in [2.05, 4.69) is 0 Å². The first kappa shape index (κ1) is 10.2. The van der Waals surface area contributed by atoms with Crippen LogP contribution in [0.3, 0.4) is 0 Å². The van der Waals surface area contributed by atoms with E-state index >= 15 is 0 Å². The van der Waals surface area contributed by atoms with Crippen LogP contribution < -0.4 is 0 Å². The summed E-state index contributed by atoms with van der Waals surface area (Å²) in [5.74, 6) is 0.0128. The SMILES string of the molecule is CC1(C)C(=O)N(CO)[C@H]1c1ccccc1. The number of carbonyl (C=O) groups is 1. The normalized spacial score (nSPS) is 23.8. The molecule has 0 aliphatic carbocycles. The number of aliphatic hydroxyl groups is 1. The third-order valence-electron chi connectivity index (χ3n) is 3.08. The number of hydrogen-bond acceptors (Lipinski definition) is 2. The van der Waals surface area contributed by atoms with Crippen molar-refractivity contribution in [1.82, 2.24) is 4.90 Å². The highest BCUT2D eigenvalue weighted by molar-refractivity contribution is 5.89. The van der Waals surface area contributed by atoms with Crippen LogP contribution >= 0.6 is 0 Å². The van der Waals surface area contributed by atoms with Crippen LogP contribution in [0, 0.1) is 5.41 Å². The van der Waals surface area contributed by atoms with Crippen molar-refractivity contribution in [3.63, 3.8) is 0 Å². The van der Waals surface area contributed by atoms with Gasteiger partial charge in [0, 0.05) is 0 Å². The summed E-state index contributed by atoms with van der Waals surface area (Å²) in [6.07, 6.45) is 0. The molecule has 1 atom stereocenters. The van der Waals surface area contributed by atoms with Gasteiger partial charge in [-0.2, -0.15) is 0 Å². The number of hydrogen-bond donors (Lipinski definition) is 1. The summed E-state index contributed by atoms with van der Waals surface area (Å²) in [4.78, 5) is 13.2. The van der Waals surface area contributed by atoms with Gasteiger partial charge in [0.05, 0.1) is 11.5 Å². The Morgan fingerprint density at radius 3 is 2.47 bits per heavy atom. The summed E-state index contributed by atoms with van der Waals surface area (Å²) in [5, 5.41) is 9.13. The fraction of sp³-hybridized carbons (Fsp3) is 0.417. The van der Waals surface area contributed by atoms with Crippen LogP contribution in [0.25, 0.3) is 0 Å². The van der Waals surface area contributed by atoms with Crippen molar-refractivity contribution in [2.75, 3.05) is 6.73 Å². The summed E-state index contributed by atoms with van der Waals surface area (Å²) < 4.78 is 0. The van der Waals surface area contributed by atoms with Crippen LogP contribution in [0.5, 0.6) is 0 Å². The van der Waals surface area contributed by atoms with E-state index in [4.69, 9.17) is 5.11 Å². The molecule has 1 aromatic rings. The van der Waals surface area contributed by atoms with E-state index in [9.17, 15) is 4.79 Å². The molecule has 3 heteroatoms. The van der Waals surface area contributed by atoms with Gasteiger partial charge in [-0.25, -0.2) is 0 Å². The minimum atomic E-state index is -0.399. The molecule has 1 heterocycles. The van der Waals surface area contributed by atoms with Crippen molar-refractivity contribution in [3.05, 3.63) is 35.9 Å². The Kier molecular flexibility index (Phi) is 2.27. The van der Waals surface area contributed by atoms with Crippen LogP contribution in [-0.4, -0.2) is 22.6 Å². The molecule has 15 heavy (non-hydrogen) atoms. The maximum Gasteiger partial charge on any atom is 0.233 e. The van der Waals surface area contributed by atoms with E-state index in [1.54, 1.807) is 0 Å². The zero-order valence-electron chi connectivity index (χ0n) is 8.97. The number of likely N-dealkylation sites (tertiary alicyclic amines) is 1. The molecule has 1 fully saturated rings. The van der Waals surface area contributed by atoms with Gasteiger partial charge in [0.2, 0.25) is 5.91 Å². The molecular formula is C12H15NO2. The molecular weight excluding hydrogens is 190 g/mol. The number of carbonyl (C=O) groups excluding carboxylic acids is 1. The monoisotopic (exact) mass is 205 g/mol. The first-order valence-electron chi connectivity index (χ1n) is 5.06. The lowest BCUT2D eigenvalue weighted by molar-refractivity contribution is -0.177. The Bertz CT molecular complexity index is 372. The zero-order chi connectivity index (χ0) is 11.1. The van der Waals surface area contributed by atoms with Crippen molar-refractivity contribution in [3.8, 4) is 0 Å². The molecule has 0 radical (unpaired) electrons. The Morgan fingerprint density at radius 2 is 1.93 bits per heavy atom. The summed E-state index contributed by atoms with van der Waals surface area (Å²) >= 11 is 0. The third-order valence-corrected chi connectivity index (χ3v) is 3.08. The molecule has 1 amide bonds. The molecule has 1 saturated heterocycles. The largest absolute Gasteiger partial charge is 0.376 e. The molecule has 3 nitrogen and oxygen atoms in total. The number of rotatable bonds is 2. The van der Waals surface area contributed by atoms with Gasteiger partial charge >= 0.3 is 0 Å². The summed E-state index contributed by atoms with van der Waals surface area (Å²) in [6, 6.07) is 9.81. The predicted octanol–water partition coefficient (Wildman–Crippen LogP) is 1.55. The van der Waals surface area contributed by atoms with Gasteiger partial charge in [-0.15, -0.1) is 0 Å². The van der Waals surface area contributed by atoms with Gasteiger partial charge in [0.1, 0.15) is 6.73 Å². The number of amides is 1. The first-order valence-corrected chi connectivity index (χ1v) is 5.06. The number of β-lactam (4-membered cyclic amide) rings is 1. The second-order valence-electron chi connectivity index (χ2n) is 4.45. The molecule has 1 N–H and O–H groups in total. The molecule has 1 aliphatic rings. The summed E-state index contributed by atoms with van der Waals surface area (Å²) in [6.45, 7) is 3.63. The zero-order valence-corrected chi connectivity index (χ0v) is 8.97. The van der Waals surface area contributed by atoms with E-state index < -0.39 is 5.41 Å². The fourth-order valence-corrected chi connectivity index (χ4v) is 2.31. The number of aliphatic hydroxyl groups excluding tert-OH is 1. The second-order valence-corrected chi connectivity index (χ2v) is 4.45. The average molecular weight is 205 g/mol. The van der Waals surface area contributed by atoms with Crippen molar-refractivity contribution in [2.24, 2.45) is 5.41 Å². The van der Waals surface area contributed by atoms with Crippen molar-refractivity contribution in [1.29, 1.82) is 0 Å². The Hall–Kier alpha value is -1.35. The quantitative estimate of drug-likeness (QED) is 0.744. The van der Waals surface area contributed by atoms with Gasteiger partial charge < -0.3 is 10.0 Å². The van der Waals surface area contributed by atoms with Crippen LogP contribution in [0.4, 0.5) is 0 Å². The maximum atomic E-state index is 11.7. The van der Waals surface area contributed by atoms with E-state index in [0.717, 1.165) is 5.56 Å². The summed E-state index contributed by atoms with van der Waals surface area (Å²) in [5.41, 5.74) is 0.681. The summed E-state index contributed by atoms with van der Waals surface area (Å²) in [7, 11) is 0. The Labute approximate surface area is 89.3 Å². The second kappa shape index (κ2) is 3.35. The topological polar surface area (TPSA) is 40.5 Å². The molecule has 2 rings (SSSR count). The van der Waals surface area contributed by atoms with Crippen LogP contribution in [-0.2, 0) is 4.79 Å². The van der Waals surface area contributed by atoms with Gasteiger partial charge in [0.15, 0.2) is 0 Å². The minimum absolute atomic E-state index is 0.00352. The maximum absolute atomic E-state index is 11.7. The third kappa shape index (κ3) is 1.35. The van der Waals surface area contributed by atoms with Gasteiger partial charge in [-0.1, -0.05) is 30.3 Å². The lowest BCUT2D eigenvalue weighted by Crippen LogP contribution is -2.60. The molecule has 0 bridgehead atoms. The van der Waals surface area contributed by atoms with Crippen LogP contribution in [0.2, 0.25) is 0 Å². The Balaban J connectivity index is 2.33. The number of benzene rings is 1. The molecule has 0 unspecified atom stereocenters. The van der Waals surface area contributed by atoms with E-state index in [1.165, 1.54) is 4.90 Å². The van der Waals surface area contributed by atoms with E-state index in [0.29, 0.717) is 0 Å². The molecule has 0 aromatic heterocycles. The first-order chi connectivity index (χ1) is 7.09. The highest BCUT2D eigenvalue weighted by Gasteiger charge is 2.54. The lowest BCUT2D eigenvalue weighted by atomic mass is 9.71. The molecule has 0 spiro atoms. The standard InChI is InChI=1S/C12H15NO2/c1-12(2)10(13(8-14)11(12)15)9-6-4-3-5-7-9/h3-7,10,14H,8H2,1-2H3/t10-/m0/s1. The van der Waals surface area contributed by atoms with Crippen molar-refractivity contribution >= 4 is 5.91 Å². The molecule has 80 valence electrons. The predicted molar refractivity (Wildman–Crippen MR) is 56.9 cm³/mol. The van der Waals surface area contributed by atoms with Crippen molar-refractivity contribution < 1.29 is 9.90 Å². The molecule has 1 aliphatic heterocycles.